The minimum absolute atomic E-state index is 0.0538. The molecule has 0 radical (unpaired) electrons. The van der Waals surface area contributed by atoms with Crippen molar-refractivity contribution in [1.82, 2.24) is 25.0 Å². The molecule has 0 spiro atoms. The van der Waals surface area contributed by atoms with Gasteiger partial charge in [-0.3, -0.25) is 9.59 Å². The molecular weight excluding hydrogens is 384 g/mol. The van der Waals surface area contributed by atoms with Crippen molar-refractivity contribution in [3.63, 3.8) is 0 Å². The van der Waals surface area contributed by atoms with Crippen LogP contribution in [-0.4, -0.2) is 69.9 Å². The number of carbonyl (C=O) groups excluding carboxylic acids is 2. The SMILES string of the molecule is CCn1ncc2c(NC3CCOCC3)c(C(=O)NC3CCN(C(C)=O)CC3)cnc21. The van der Waals surface area contributed by atoms with E-state index in [1.165, 1.54) is 0 Å². The maximum absolute atomic E-state index is 13.2. The summed E-state index contributed by atoms with van der Waals surface area (Å²) in [5.74, 6) is -0.0465. The lowest BCUT2D eigenvalue weighted by molar-refractivity contribution is -0.129. The predicted molar refractivity (Wildman–Crippen MR) is 113 cm³/mol. The van der Waals surface area contributed by atoms with Gasteiger partial charge in [0.15, 0.2) is 5.65 Å². The van der Waals surface area contributed by atoms with Gasteiger partial charge in [0.25, 0.3) is 5.91 Å². The molecule has 2 amide bonds. The lowest BCUT2D eigenvalue weighted by Crippen LogP contribution is -2.46. The Hall–Kier alpha value is -2.68. The number of fused-ring (bicyclic) bond motifs is 1. The number of nitrogens with one attached hydrogen (secondary N) is 2. The van der Waals surface area contributed by atoms with E-state index in [0.717, 1.165) is 55.6 Å². The second-order valence-electron chi connectivity index (χ2n) is 8.03. The first-order valence-electron chi connectivity index (χ1n) is 10.8. The van der Waals surface area contributed by atoms with Crippen LogP contribution in [0.4, 0.5) is 5.69 Å². The minimum Gasteiger partial charge on any atom is -0.381 e. The van der Waals surface area contributed by atoms with Crippen LogP contribution in [0.3, 0.4) is 0 Å². The summed E-state index contributed by atoms with van der Waals surface area (Å²) in [5.41, 5.74) is 2.11. The summed E-state index contributed by atoms with van der Waals surface area (Å²) >= 11 is 0. The molecule has 2 fully saturated rings. The van der Waals surface area contributed by atoms with E-state index in [-0.39, 0.29) is 23.9 Å². The van der Waals surface area contributed by atoms with Crippen molar-refractivity contribution in [2.75, 3.05) is 31.6 Å². The summed E-state index contributed by atoms with van der Waals surface area (Å²) < 4.78 is 7.31. The zero-order chi connectivity index (χ0) is 21.1. The smallest absolute Gasteiger partial charge is 0.255 e. The number of piperidine rings is 1. The summed E-state index contributed by atoms with van der Waals surface area (Å²) in [6.45, 7) is 7.11. The van der Waals surface area contributed by atoms with Crippen LogP contribution in [-0.2, 0) is 16.1 Å². The third-order valence-corrected chi connectivity index (χ3v) is 6.06. The Bertz CT molecular complexity index is 913. The molecule has 4 rings (SSSR count). The highest BCUT2D eigenvalue weighted by Crippen LogP contribution is 2.28. The number of pyridine rings is 1. The van der Waals surface area contributed by atoms with Gasteiger partial charge in [-0.25, -0.2) is 9.67 Å². The van der Waals surface area contributed by atoms with Gasteiger partial charge >= 0.3 is 0 Å². The maximum Gasteiger partial charge on any atom is 0.255 e. The number of rotatable bonds is 5. The summed E-state index contributed by atoms with van der Waals surface area (Å²) in [6, 6.07) is 0.303. The summed E-state index contributed by atoms with van der Waals surface area (Å²) in [5, 5.41) is 12.0. The molecule has 2 aromatic rings. The number of anilines is 1. The van der Waals surface area contributed by atoms with Gasteiger partial charge < -0.3 is 20.3 Å². The van der Waals surface area contributed by atoms with Crippen molar-refractivity contribution >= 4 is 28.5 Å². The third kappa shape index (κ3) is 4.26. The second-order valence-corrected chi connectivity index (χ2v) is 8.03. The predicted octanol–water partition coefficient (Wildman–Crippen LogP) is 1.78. The van der Waals surface area contributed by atoms with Crippen LogP contribution in [0.1, 0.15) is 49.9 Å². The molecule has 30 heavy (non-hydrogen) atoms. The van der Waals surface area contributed by atoms with Crippen molar-refractivity contribution < 1.29 is 14.3 Å². The van der Waals surface area contributed by atoms with Gasteiger partial charge in [-0.05, 0) is 32.6 Å². The van der Waals surface area contributed by atoms with E-state index in [2.05, 4.69) is 20.7 Å². The largest absolute Gasteiger partial charge is 0.381 e. The zero-order valence-electron chi connectivity index (χ0n) is 17.7. The summed E-state index contributed by atoms with van der Waals surface area (Å²) in [4.78, 5) is 31.1. The first-order valence-corrected chi connectivity index (χ1v) is 10.8. The average Bonchev–Trinajstić information content (AvgIpc) is 3.18. The first kappa shape index (κ1) is 20.6. The van der Waals surface area contributed by atoms with Crippen LogP contribution >= 0.6 is 0 Å². The lowest BCUT2D eigenvalue weighted by Gasteiger charge is -2.32. The Morgan fingerprint density at radius 1 is 1.13 bits per heavy atom. The number of nitrogens with zero attached hydrogens (tertiary/aromatic N) is 4. The molecule has 0 aromatic carbocycles. The molecule has 2 saturated heterocycles. The van der Waals surface area contributed by atoms with E-state index in [4.69, 9.17) is 4.74 Å². The molecule has 4 heterocycles. The van der Waals surface area contributed by atoms with Crippen LogP contribution in [0.5, 0.6) is 0 Å². The number of ether oxygens (including phenoxy) is 1. The molecule has 0 unspecified atom stereocenters. The van der Waals surface area contributed by atoms with Crippen LogP contribution in [0, 0.1) is 0 Å². The molecule has 0 aliphatic carbocycles. The highest BCUT2D eigenvalue weighted by atomic mass is 16.5. The van der Waals surface area contributed by atoms with Gasteiger partial charge in [-0.1, -0.05) is 0 Å². The summed E-state index contributed by atoms with van der Waals surface area (Å²) in [7, 11) is 0. The Morgan fingerprint density at radius 2 is 1.87 bits per heavy atom. The molecule has 9 nitrogen and oxygen atoms in total. The van der Waals surface area contributed by atoms with E-state index in [1.54, 1.807) is 19.3 Å². The van der Waals surface area contributed by atoms with Gasteiger partial charge in [-0.2, -0.15) is 5.10 Å². The van der Waals surface area contributed by atoms with Gasteiger partial charge in [0.05, 0.1) is 22.8 Å². The quantitative estimate of drug-likeness (QED) is 0.773. The highest BCUT2D eigenvalue weighted by Gasteiger charge is 2.26. The van der Waals surface area contributed by atoms with Crippen LogP contribution in [0.2, 0.25) is 0 Å². The van der Waals surface area contributed by atoms with E-state index >= 15 is 0 Å². The molecule has 2 aromatic heterocycles. The number of likely N-dealkylation sites (tertiary alicyclic amines) is 1. The Morgan fingerprint density at radius 3 is 2.53 bits per heavy atom. The van der Waals surface area contributed by atoms with Crippen molar-refractivity contribution in [3.05, 3.63) is 18.0 Å². The van der Waals surface area contributed by atoms with Crippen LogP contribution in [0.15, 0.2) is 12.4 Å². The van der Waals surface area contributed by atoms with Gasteiger partial charge in [-0.15, -0.1) is 0 Å². The van der Waals surface area contributed by atoms with Crippen molar-refractivity contribution in [3.8, 4) is 0 Å². The molecule has 0 bridgehead atoms. The molecule has 2 aliphatic rings. The fourth-order valence-corrected chi connectivity index (χ4v) is 4.23. The van der Waals surface area contributed by atoms with E-state index < -0.39 is 0 Å². The molecule has 2 aliphatic heterocycles. The molecular formula is C21H30N6O3. The van der Waals surface area contributed by atoms with Crippen molar-refractivity contribution in [2.24, 2.45) is 0 Å². The lowest BCUT2D eigenvalue weighted by atomic mass is 10.0. The molecule has 0 atom stereocenters. The fraction of sp³-hybridized carbons (Fsp3) is 0.619. The zero-order valence-corrected chi connectivity index (χ0v) is 17.7. The Labute approximate surface area is 176 Å². The third-order valence-electron chi connectivity index (χ3n) is 6.06. The molecule has 0 saturated carbocycles. The topological polar surface area (TPSA) is 101 Å². The van der Waals surface area contributed by atoms with Gasteiger partial charge in [0.2, 0.25) is 5.91 Å². The molecule has 9 heteroatoms. The Balaban J connectivity index is 1.56. The number of carbonyl (C=O) groups is 2. The van der Waals surface area contributed by atoms with E-state index in [1.807, 2.05) is 16.5 Å². The minimum atomic E-state index is -0.135. The standard InChI is InChI=1S/C21H30N6O3/c1-3-27-20-17(13-23-27)19(24-16-6-10-30-11-7-16)18(12-22-20)21(29)25-15-4-8-26(9-5-15)14(2)28/h12-13,15-16H,3-11H2,1-2H3,(H,22,24)(H,25,29). The van der Waals surface area contributed by atoms with Crippen LogP contribution < -0.4 is 10.6 Å². The number of aromatic nitrogens is 3. The van der Waals surface area contributed by atoms with E-state index in [9.17, 15) is 9.59 Å². The number of aryl methyl sites for hydroxylation is 1. The van der Waals surface area contributed by atoms with Gasteiger partial charge in [0, 0.05) is 58.1 Å². The maximum atomic E-state index is 13.2. The van der Waals surface area contributed by atoms with Crippen LogP contribution in [0.25, 0.3) is 11.0 Å². The highest BCUT2D eigenvalue weighted by molar-refractivity contribution is 6.06. The monoisotopic (exact) mass is 414 g/mol. The second kappa shape index (κ2) is 8.99. The Kier molecular flexibility index (Phi) is 6.17. The average molecular weight is 415 g/mol. The van der Waals surface area contributed by atoms with Gasteiger partial charge in [0.1, 0.15) is 0 Å². The normalized spacial score (nSPS) is 18.5. The van der Waals surface area contributed by atoms with Crippen molar-refractivity contribution in [2.45, 2.75) is 58.2 Å². The van der Waals surface area contributed by atoms with Crippen molar-refractivity contribution in [1.29, 1.82) is 0 Å². The fourth-order valence-electron chi connectivity index (χ4n) is 4.23. The first-order chi connectivity index (χ1) is 14.6. The number of amides is 2. The number of hydrogen-bond donors (Lipinski definition) is 2. The molecule has 2 N–H and O–H groups in total. The van der Waals surface area contributed by atoms with E-state index in [0.29, 0.717) is 25.2 Å². The number of hydrogen-bond acceptors (Lipinski definition) is 6. The summed E-state index contributed by atoms with van der Waals surface area (Å²) in [6.07, 6.45) is 6.76. The molecule has 162 valence electrons.